The van der Waals surface area contributed by atoms with E-state index in [0.29, 0.717) is 16.3 Å². The van der Waals surface area contributed by atoms with Crippen molar-refractivity contribution < 1.29 is 5.11 Å². The van der Waals surface area contributed by atoms with Crippen LogP contribution in [0.1, 0.15) is 33.7 Å². The number of nitrogens with zero attached hydrogens (tertiary/aromatic N) is 2. The first-order chi connectivity index (χ1) is 10.5. The Balaban J connectivity index is 2.17. The van der Waals surface area contributed by atoms with Crippen molar-refractivity contribution in [3.05, 3.63) is 63.2 Å². The highest BCUT2D eigenvalue weighted by molar-refractivity contribution is 6.30. The smallest absolute Gasteiger partial charge is 0.118 e. The molecule has 0 aromatic heterocycles. The number of hydrogen-bond acceptors (Lipinski definition) is 3. The van der Waals surface area contributed by atoms with Gasteiger partial charge >= 0.3 is 0 Å². The van der Waals surface area contributed by atoms with E-state index in [1.165, 1.54) is 0 Å². The van der Waals surface area contributed by atoms with Gasteiger partial charge < -0.3 is 10.0 Å². The fraction of sp³-hybridized carbons (Fsp3) is 0.278. The Morgan fingerprint density at radius 3 is 2.77 bits per heavy atom. The van der Waals surface area contributed by atoms with Gasteiger partial charge in [0, 0.05) is 24.0 Å². The number of nitriles is 1. The molecule has 0 bridgehead atoms. The minimum absolute atomic E-state index is 0.103. The summed E-state index contributed by atoms with van der Waals surface area (Å²) in [6, 6.07) is 11.7. The molecule has 2 aromatic rings. The number of aryl methyl sites for hydroxylation is 1. The second kappa shape index (κ2) is 5.64. The van der Waals surface area contributed by atoms with Crippen LogP contribution in [-0.2, 0) is 6.54 Å². The number of likely N-dealkylation sites (N-methyl/N-ethyl adjacent to an activating group) is 1. The van der Waals surface area contributed by atoms with Gasteiger partial charge in [0.2, 0.25) is 0 Å². The zero-order valence-electron chi connectivity index (χ0n) is 12.6. The van der Waals surface area contributed by atoms with Gasteiger partial charge in [-0.1, -0.05) is 23.7 Å². The molecule has 1 aliphatic heterocycles. The summed E-state index contributed by atoms with van der Waals surface area (Å²) in [5.74, 6) is 0.404. The molecule has 0 saturated heterocycles. The Morgan fingerprint density at radius 1 is 1.32 bits per heavy atom. The zero-order chi connectivity index (χ0) is 15.9. The van der Waals surface area contributed by atoms with Crippen LogP contribution in [0.5, 0.6) is 5.75 Å². The number of benzene rings is 2. The van der Waals surface area contributed by atoms with Crippen molar-refractivity contribution in [3.63, 3.8) is 0 Å². The molecule has 0 spiro atoms. The summed E-state index contributed by atoms with van der Waals surface area (Å²) in [6.07, 6.45) is 0. The van der Waals surface area contributed by atoms with Crippen molar-refractivity contribution in [1.82, 2.24) is 4.90 Å². The first-order valence-corrected chi connectivity index (χ1v) is 7.58. The second-order valence-electron chi connectivity index (χ2n) is 5.93. The lowest BCUT2D eigenvalue weighted by molar-refractivity contribution is 0.294. The van der Waals surface area contributed by atoms with E-state index in [9.17, 15) is 10.4 Å². The van der Waals surface area contributed by atoms with Gasteiger partial charge in [0.1, 0.15) is 5.75 Å². The molecule has 1 N–H and O–H groups in total. The van der Waals surface area contributed by atoms with Crippen LogP contribution in [0.4, 0.5) is 0 Å². The molecule has 1 heterocycles. The van der Waals surface area contributed by atoms with Gasteiger partial charge in [-0.25, -0.2) is 0 Å². The molecular weight excluding hydrogens is 296 g/mol. The van der Waals surface area contributed by atoms with E-state index in [2.05, 4.69) is 11.0 Å². The van der Waals surface area contributed by atoms with E-state index in [1.807, 2.05) is 38.2 Å². The van der Waals surface area contributed by atoms with Crippen LogP contribution in [0, 0.1) is 18.3 Å². The Labute approximate surface area is 135 Å². The molecule has 0 saturated carbocycles. The maximum Gasteiger partial charge on any atom is 0.118 e. The standard InChI is InChI=1S/C18H17ClN2O/c1-11-3-4-12(6-18(11)22)16-9-21(2)10-17-13(8-20)5-14(19)7-15(16)17/h3-7,16,22H,9-10H2,1-2H3. The number of hydrogen-bond donors (Lipinski definition) is 1. The third kappa shape index (κ3) is 2.56. The first kappa shape index (κ1) is 14.9. The van der Waals surface area contributed by atoms with E-state index in [0.717, 1.165) is 35.3 Å². The van der Waals surface area contributed by atoms with Gasteiger partial charge in [-0.15, -0.1) is 0 Å². The molecule has 1 unspecified atom stereocenters. The molecule has 1 atom stereocenters. The highest BCUT2D eigenvalue weighted by Crippen LogP contribution is 2.37. The van der Waals surface area contributed by atoms with E-state index in [1.54, 1.807) is 6.07 Å². The minimum Gasteiger partial charge on any atom is -0.508 e. The Hall–Kier alpha value is -2.02. The molecule has 3 nitrogen and oxygen atoms in total. The number of fused-ring (bicyclic) bond motifs is 1. The maximum absolute atomic E-state index is 10.0. The fourth-order valence-electron chi connectivity index (χ4n) is 3.12. The summed E-state index contributed by atoms with van der Waals surface area (Å²) in [5, 5.41) is 20.0. The average molecular weight is 313 g/mol. The van der Waals surface area contributed by atoms with Gasteiger partial charge in [-0.2, -0.15) is 5.26 Å². The molecule has 2 aromatic carbocycles. The van der Waals surface area contributed by atoms with Crippen molar-refractivity contribution in [2.45, 2.75) is 19.4 Å². The van der Waals surface area contributed by atoms with Gasteiger partial charge in [0.25, 0.3) is 0 Å². The molecule has 0 amide bonds. The quantitative estimate of drug-likeness (QED) is 0.871. The first-order valence-electron chi connectivity index (χ1n) is 7.20. The molecule has 4 heteroatoms. The SMILES string of the molecule is Cc1ccc(C2CN(C)Cc3c(C#N)cc(Cl)cc32)cc1O. The number of phenols is 1. The predicted octanol–water partition coefficient (Wildman–Crippen LogP) is 3.80. The highest BCUT2D eigenvalue weighted by atomic mass is 35.5. The summed E-state index contributed by atoms with van der Waals surface area (Å²) < 4.78 is 0. The van der Waals surface area contributed by atoms with Crippen molar-refractivity contribution in [3.8, 4) is 11.8 Å². The van der Waals surface area contributed by atoms with Crippen molar-refractivity contribution >= 4 is 11.6 Å². The van der Waals surface area contributed by atoms with Crippen LogP contribution >= 0.6 is 11.6 Å². The second-order valence-corrected chi connectivity index (χ2v) is 6.36. The largest absolute Gasteiger partial charge is 0.508 e. The van der Waals surface area contributed by atoms with Crippen LogP contribution in [0.2, 0.25) is 5.02 Å². The lowest BCUT2D eigenvalue weighted by Gasteiger charge is -2.33. The Bertz CT molecular complexity index is 779. The van der Waals surface area contributed by atoms with Gasteiger partial charge in [0.15, 0.2) is 0 Å². The van der Waals surface area contributed by atoms with Gasteiger partial charge in [-0.3, -0.25) is 0 Å². The van der Waals surface area contributed by atoms with Gasteiger partial charge in [-0.05, 0) is 54.4 Å². The summed E-state index contributed by atoms with van der Waals surface area (Å²) >= 11 is 6.19. The summed E-state index contributed by atoms with van der Waals surface area (Å²) in [4.78, 5) is 2.19. The average Bonchev–Trinajstić information content (AvgIpc) is 2.49. The molecule has 0 aliphatic carbocycles. The Kier molecular flexibility index (Phi) is 3.82. The normalized spacial score (nSPS) is 17.8. The van der Waals surface area contributed by atoms with Crippen molar-refractivity contribution in [2.24, 2.45) is 0 Å². The number of halogens is 1. The number of aromatic hydroxyl groups is 1. The predicted molar refractivity (Wildman–Crippen MR) is 87.2 cm³/mol. The topological polar surface area (TPSA) is 47.3 Å². The highest BCUT2D eigenvalue weighted by Gasteiger charge is 2.27. The molecule has 112 valence electrons. The third-order valence-electron chi connectivity index (χ3n) is 4.30. The fourth-order valence-corrected chi connectivity index (χ4v) is 3.34. The van der Waals surface area contributed by atoms with E-state index in [-0.39, 0.29) is 5.92 Å². The lowest BCUT2D eigenvalue weighted by atomic mass is 9.83. The summed E-state index contributed by atoms with van der Waals surface area (Å²) in [6.45, 7) is 3.45. The van der Waals surface area contributed by atoms with Gasteiger partial charge in [0.05, 0.1) is 11.6 Å². The maximum atomic E-state index is 10.0. The molecular formula is C18H17ClN2O. The van der Waals surface area contributed by atoms with E-state index in [4.69, 9.17) is 11.6 Å². The number of phenolic OH excluding ortho intramolecular Hbond substituents is 1. The zero-order valence-corrected chi connectivity index (χ0v) is 13.4. The van der Waals surface area contributed by atoms with Crippen LogP contribution in [-0.4, -0.2) is 23.6 Å². The Morgan fingerprint density at radius 2 is 2.09 bits per heavy atom. The van der Waals surface area contributed by atoms with Crippen LogP contribution in [0.25, 0.3) is 0 Å². The van der Waals surface area contributed by atoms with E-state index >= 15 is 0 Å². The molecule has 0 fully saturated rings. The molecule has 3 rings (SSSR count). The van der Waals surface area contributed by atoms with Crippen LogP contribution in [0.3, 0.4) is 0 Å². The minimum atomic E-state index is 0.103. The molecule has 0 radical (unpaired) electrons. The van der Waals surface area contributed by atoms with Crippen molar-refractivity contribution in [1.29, 1.82) is 5.26 Å². The van der Waals surface area contributed by atoms with E-state index < -0.39 is 0 Å². The number of rotatable bonds is 1. The van der Waals surface area contributed by atoms with Crippen molar-refractivity contribution in [2.75, 3.05) is 13.6 Å². The lowest BCUT2D eigenvalue weighted by Crippen LogP contribution is -2.31. The molecule has 1 aliphatic rings. The van der Waals surface area contributed by atoms with Crippen LogP contribution in [0.15, 0.2) is 30.3 Å². The molecule has 22 heavy (non-hydrogen) atoms. The summed E-state index contributed by atoms with van der Waals surface area (Å²) in [5.41, 5.74) is 4.66. The third-order valence-corrected chi connectivity index (χ3v) is 4.52. The monoisotopic (exact) mass is 312 g/mol. The summed E-state index contributed by atoms with van der Waals surface area (Å²) in [7, 11) is 2.04. The van der Waals surface area contributed by atoms with Crippen LogP contribution < -0.4 is 0 Å².